The average molecular weight is 287 g/mol. The molecular weight excluding hydrogens is 276 g/mol. The van der Waals surface area contributed by atoms with Crippen LogP contribution in [0.1, 0.15) is 5.56 Å². The third-order valence-electron chi connectivity index (χ3n) is 2.82. The van der Waals surface area contributed by atoms with E-state index in [4.69, 9.17) is 16.3 Å². The summed E-state index contributed by atoms with van der Waals surface area (Å²) in [6.45, 7) is 0.315. The minimum atomic E-state index is -0.170. The Morgan fingerprint density at radius 2 is 2.05 bits per heavy atom. The SMILES string of the molecule is O=c1cc(OCc2cccc(Cl)c2)nc2ccccn12. The summed E-state index contributed by atoms with van der Waals surface area (Å²) in [6, 6.07) is 14.1. The third-order valence-corrected chi connectivity index (χ3v) is 3.06. The lowest BCUT2D eigenvalue weighted by Crippen LogP contribution is -2.14. The van der Waals surface area contributed by atoms with Crippen molar-refractivity contribution >= 4 is 17.2 Å². The Morgan fingerprint density at radius 1 is 1.15 bits per heavy atom. The molecule has 0 aliphatic heterocycles. The Labute approximate surface area is 120 Å². The molecular formula is C15H11ClN2O2. The van der Waals surface area contributed by atoms with Crippen molar-refractivity contribution in [2.75, 3.05) is 0 Å². The number of fused-ring (bicyclic) bond motifs is 1. The molecule has 2 aromatic heterocycles. The highest BCUT2D eigenvalue weighted by atomic mass is 35.5. The number of aromatic nitrogens is 2. The van der Waals surface area contributed by atoms with Crippen molar-refractivity contribution in [1.29, 1.82) is 0 Å². The second kappa shape index (κ2) is 5.35. The van der Waals surface area contributed by atoms with Crippen LogP contribution in [0.15, 0.2) is 59.5 Å². The third kappa shape index (κ3) is 2.65. The molecule has 0 fully saturated rings. The van der Waals surface area contributed by atoms with E-state index in [9.17, 15) is 4.79 Å². The molecule has 1 aromatic carbocycles. The molecule has 0 atom stereocenters. The van der Waals surface area contributed by atoms with Gasteiger partial charge in [-0.3, -0.25) is 9.20 Å². The van der Waals surface area contributed by atoms with Crippen molar-refractivity contribution in [3.63, 3.8) is 0 Å². The molecule has 2 heterocycles. The first-order valence-electron chi connectivity index (χ1n) is 6.08. The molecule has 0 radical (unpaired) electrons. The van der Waals surface area contributed by atoms with Gasteiger partial charge in [0.15, 0.2) is 0 Å². The van der Waals surface area contributed by atoms with Crippen molar-refractivity contribution in [3.05, 3.63) is 75.7 Å². The van der Waals surface area contributed by atoms with E-state index >= 15 is 0 Å². The highest BCUT2D eigenvalue weighted by Crippen LogP contribution is 2.13. The molecule has 3 rings (SSSR count). The van der Waals surface area contributed by atoms with E-state index in [1.807, 2.05) is 24.3 Å². The zero-order valence-corrected chi connectivity index (χ0v) is 11.2. The molecule has 20 heavy (non-hydrogen) atoms. The van der Waals surface area contributed by atoms with E-state index in [0.29, 0.717) is 23.2 Å². The van der Waals surface area contributed by atoms with Gasteiger partial charge in [0, 0.05) is 11.2 Å². The Kier molecular flexibility index (Phi) is 3.39. The molecule has 0 bridgehead atoms. The largest absolute Gasteiger partial charge is 0.473 e. The minimum absolute atomic E-state index is 0.170. The topological polar surface area (TPSA) is 43.6 Å². The van der Waals surface area contributed by atoms with Gasteiger partial charge in [0.2, 0.25) is 5.88 Å². The molecule has 0 spiro atoms. The van der Waals surface area contributed by atoms with Gasteiger partial charge in [0.25, 0.3) is 5.56 Å². The summed E-state index contributed by atoms with van der Waals surface area (Å²) in [5, 5.41) is 0.651. The van der Waals surface area contributed by atoms with Crippen LogP contribution in [-0.2, 0) is 6.61 Å². The Hall–Kier alpha value is -2.33. The fourth-order valence-electron chi connectivity index (χ4n) is 1.89. The van der Waals surface area contributed by atoms with Crippen molar-refractivity contribution in [2.24, 2.45) is 0 Å². The van der Waals surface area contributed by atoms with Crippen molar-refractivity contribution in [3.8, 4) is 5.88 Å². The van der Waals surface area contributed by atoms with Gasteiger partial charge in [-0.2, -0.15) is 4.98 Å². The molecule has 3 aromatic rings. The minimum Gasteiger partial charge on any atom is -0.473 e. The number of hydrogen-bond acceptors (Lipinski definition) is 3. The van der Waals surface area contributed by atoms with Gasteiger partial charge in [0.1, 0.15) is 12.3 Å². The highest BCUT2D eigenvalue weighted by molar-refractivity contribution is 6.30. The number of pyridine rings is 1. The van der Waals surface area contributed by atoms with Crippen molar-refractivity contribution < 1.29 is 4.74 Å². The summed E-state index contributed by atoms with van der Waals surface area (Å²) >= 11 is 5.91. The molecule has 5 heteroatoms. The lowest BCUT2D eigenvalue weighted by atomic mass is 10.2. The fourth-order valence-corrected chi connectivity index (χ4v) is 2.10. The van der Waals surface area contributed by atoms with Gasteiger partial charge in [-0.15, -0.1) is 0 Å². The maximum atomic E-state index is 11.9. The number of ether oxygens (including phenoxy) is 1. The molecule has 0 aliphatic carbocycles. The van der Waals surface area contributed by atoms with Crippen LogP contribution in [0.4, 0.5) is 0 Å². The summed E-state index contributed by atoms with van der Waals surface area (Å²) in [4.78, 5) is 16.2. The van der Waals surface area contributed by atoms with Gasteiger partial charge in [-0.25, -0.2) is 0 Å². The molecule has 100 valence electrons. The lowest BCUT2D eigenvalue weighted by molar-refractivity contribution is 0.294. The van der Waals surface area contributed by atoms with Gasteiger partial charge >= 0.3 is 0 Å². The number of hydrogen-bond donors (Lipinski definition) is 0. The zero-order valence-electron chi connectivity index (χ0n) is 10.5. The Balaban J connectivity index is 1.86. The zero-order chi connectivity index (χ0) is 13.9. The van der Waals surface area contributed by atoms with E-state index in [1.54, 1.807) is 24.4 Å². The second-order valence-corrected chi connectivity index (χ2v) is 4.72. The molecule has 4 nitrogen and oxygen atoms in total. The first kappa shape index (κ1) is 12.7. The summed E-state index contributed by atoms with van der Waals surface area (Å²) in [7, 11) is 0. The predicted octanol–water partition coefficient (Wildman–Crippen LogP) is 2.93. The molecule has 0 saturated carbocycles. The van der Waals surface area contributed by atoms with Gasteiger partial charge in [-0.1, -0.05) is 29.8 Å². The van der Waals surface area contributed by atoms with Crippen LogP contribution in [0.2, 0.25) is 5.02 Å². The summed E-state index contributed by atoms with van der Waals surface area (Å²) in [5.41, 5.74) is 1.31. The maximum Gasteiger partial charge on any atom is 0.261 e. The van der Waals surface area contributed by atoms with Crippen LogP contribution in [0.25, 0.3) is 5.65 Å². The molecule has 0 saturated heterocycles. The smallest absolute Gasteiger partial charge is 0.261 e. The van der Waals surface area contributed by atoms with Crippen LogP contribution >= 0.6 is 11.6 Å². The van der Waals surface area contributed by atoms with Crippen LogP contribution < -0.4 is 10.3 Å². The van der Waals surface area contributed by atoms with E-state index in [1.165, 1.54) is 10.5 Å². The van der Waals surface area contributed by atoms with Gasteiger partial charge in [-0.05, 0) is 29.8 Å². The number of benzene rings is 1. The first-order valence-corrected chi connectivity index (χ1v) is 6.46. The second-order valence-electron chi connectivity index (χ2n) is 4.28. The van der Waals surface area contributed by atoms with Crippen LogP contribution in [0, 0.1) is 0 Å². The Morgan fingerprint density at radius 3 is 2.90 bits per heavy atom. The normalized spacial score (nSPS) is 10.7. The summed E-state index contributed by atoms with van der Waals surface area (Å²) in [5.74, 6) is 0.307. The molecule has 0 N–H and O–H groups in total. The molecule has 0 unspecified atom stereocenters. The van der Waals surface area contributed by atoms with Gasteiger partial charge < -0.3 is 4.74 Å². The number of halogens is 1. The maximum absolute atomic E-state index is 11.9. The highest BCUT2D eigenvalue weighted by Gasteiger charge is 2.03. The summed E-state index contributed by atoms with van der Waals surface area (Å²) < 4.78 is 7.02. The van der Waals surface area contributed by atoms with Gasteiger partial charge in [0.05, 0.1) is 6.07 Å². The van der Waals surface area contributed by atoms with Crippen LogP contribution in [0.3, 0.4) is 0 Å². The van der Waals surface area contributed by atoms with E-state index in [-0.39, 0.29) is 5.56 Å². The number of nitrogens with zero attached hydrogens (tertiary/aromatic N) is 2. The average Bonchev–Trinajstić information content (AvgIpc) is 2.45. The van der Waals surface area contributed by atoms with Crippen molar-refractivity contribution in [1.82, 2.24) is 9.38 Å². The van der Waals surface area contributed by atoms with Crippen LogP contribution in [-0.4, -0.2) is 9.38 Å². The van der Waals surface area contributed by atoms with Crippen LogP contribution in [0.5, 0.6) is 5.88 Å². The van der Waals surface area contributed by atoms with E-state index in [0.717, 1.165) is 5.56 Å². The van der Waals surface area contributed by atoms with E-state index < -0.39 is 0 Å². The standard InChI is InChI=1S/C15H11ClN2O2/c16-12-5-3-4-11(8-12)10-20-14-9-15(19)18-7-2-1-6-13(18)17-14/h1-9H,10H2. The monoisotopic (exact) mass is 286 g/mol. The number of rotatable bonds is 3. The Bertz CT molecular complexity index is 814. The van der Waals surface area contributed by atoms with Crippen molar-refractivity contribution in [2.45, 2.75) is 6.61 Å². The fraction of sp³-hybridized carbons (Fsp3) is 0.0667. The van der Waals surface area contributed by atoms with E-state index in [2.05, 4.69) is 4.98 Å². The molecule has 0 aliphatic rings. The first-order chi connectivity index (χ1) is 9.72. The lowest BCUT2D eigenvalue weighted by Gasteiger charge is -2.06. The molecule has 0 amide bonds. The quantitative estimate of drug-likeness (QED) is 0.743. The predicted molar refractivity (Wildman–Crippen MR) is 77.2 cm³/mol. The summed E-state index contributed by atoms with van der Waals surface area (Å²) in [6.07, 6.45) is 1.67.